The molecule has 34 heavy (non-hydrogen) atoms. The molecular formula is C28H28N2O4. The third-order valence-electron chi connectivity index (χ3n) is 5.98. The summed E-state index contributed by atoms with van der Waals surface area (Å²) in [6.45, 7) is 3.14. The first kappa shape index (κ1) is 23.2. The highest BCUT2D eigenvalue weighted by Crippen LogP contribution is 2.24. The minimum absolute atomic E-state index is 0.0351. The topological polar surface area (TPSA) is 75.7 Å². The van der Waals surface area contributed by atoms with Gasteiger partial charge in [0.15, 0.2) is 0 Å². The number of nitrogens with zero attached hydrogens (tertiary/aromatic N) is 1. The Balaban J connectivity index is 1.39. The molecule has 1 atom stereocenters. The fourth-order valence-corrected chi connectivity index (χ4v) is 4.23. The van der Waals surface area contributed by atoms with Crippen molar-refractivity contribution < 1.29 is 19.1 Å². The molecule has 0 saturated carbocycles. The zero-order chi connectivity index (χ0) is 23.9. The van der Waals surface area contributed by atoms with Crippen molar-refractivity contribution in [3.05, 3.63) is 83.9 Å². The molecule has 3 aromatic carbocycles. The smallest absolute Gasteiger partial charge is 0.330 e. The maximum atomic E-state index is 13.3. The van der Waals surface area contributed by atoms with E-state index >= 15 is 0 Å². The molecule has 0 spiro atoms. The van der Waals surface area contributed by atoms with Gasteiger partial charge in [0.25, 0.3) is 5.91 Å². The number of esters is 1. The second-order valence-corrected chi connectivity index (χ2v) is 8.31. The Labute approximate surface area is 199 Å². The van der Waals surface area contributed by atoms with Gasteiger partial charge < -0.3 is 15.0 Å². The monoisotopic (exact) mass is 456 g/mol. The summed E-state index contributed by atoms with van der Waals surface area (Å²) >= 11 is 0. The molecule has 1 N–H and O–H groups in total. The van der Waals surface area contributed by atoms with Crippen LogP contribution in [0.5, 0.6) is 0 Å². The van der Waals surface area contributed by atoms with E-state index in [2.05, 4.69) is 5.32 Å². The fraction of sp³-hybridized carbons (Fsp3) is 0.250. The van der Waals surface area contributed by atoms with Gasteiger partial charge in [0, 0.05) is 30.4 Å². The number of benzene rings is 3. The molecule has 4 rings (SSSR count). The third kappa shape index (κ3) is 5.52. The van der Waals surface area contributed by atoms with Gasteiger partial charge in [-0.2, -0.15) is 0 Å². The number of amides is 2. The van der Waals surface area contributed by atoms with Gasteiger partial charge in [-0.25, -0.2) is 4.79 Å². The number of carbonyl (C=O) groups excluding carboxylic acids is 3. The first-order valence-corrected chi connectivity index (χ1v) is 11.6. The molecule has 3 aromatic rings. The minimum atomic E-state index is -0.389. The van der Waals surface area contributed by atoms with Crippen LogP contribution < -0.4 is 5.32 Å². The third-order valence-corrected chi connectivity index (χ3v) is 5.98. The van der Waals surface area contributed by atoms with Gasteiger partial charge >= 0.3 is 5.97 Å². The molecular weight excluding hydrogens is 428 g/mol. The van der Waals surface area contributed by atoms with Gasteiger partial charge in [-0.15, -0.1) is 0 Å². The molecule has 0 aliphatic carbocycles. The van der Waals surface area contributed by atoms with Crippen LogP contribution in [0.2, 0.25) is 0 Å². The number of hydrogen-bond donors (Lipinski definition) is 1. The Morgan fingerprint density at radius 1 is 1.03 bits per heavy atom. The summed E-state index contributed by atoms with van der Waals surface area (Å²) in [7, 11) is 0. The average molecular weight is 457 g/mol. The summed E-state index contributed by atoms with van der Waals surface area (Å²) in [5, 5.41) is 4.92. The number of rotatable bonds is 6. The number of likely N-dealkylation sites (tertiary alicyclic amines) is 1. The van der Waals surface area contributed by atoms with E-state index in [4.69, 9.17) is 4.74 Å². The Hall–Kier alpha value is -3.93. The van der Waals surface area contributed by atoms with E-state index in [-0.39, 0.29) is 23.7 Å². The van der Waals surface area contributed by atoms with Crippen molar-refractivity contribution in [2.75, 3.05) is 25.0 Å². The molecule has 1 fully saturated rings. The lowest BCUT2D eigenvalue weighted by atomic mass is 9.95. The van der Waals surface area contributed by atoms with E-state index < -0.39 is 0 Å². The van der Waals surface area contributed by atoms with E-state index in [1.54, 1.807) is 30.0 Å². The van der Waals surface area contributed by atoms with Crippen molar-refractivity contribution in [1.29, 1.82) is 0 Å². The number of nitrogens with one attached hydrogen (secondary N) is 1. The maximum Gasteiger partial charge on any atom is 0.330 e. The second kappa shape index (κ2) is 10.8. The Kier molecular flexibility index (Phi) is 7.38. The molecule has 6 heteroatoms. The summed E-state index contributed by atoms with van der Waals surface area (Å²) in [4.78, 5) is 39.4. The highest BCUT2D eigenvalue weighted by atomic mass is 16.5. The number of piperidine rings is 1. The predicted octanol–water partition coefficient (Wildman–Crippen LogP) is 4.91. The van der Waals surface area contributed by atoms with Gasteiger partial charge in [0.05, 0.1) is 12.5 Å². The van der Waals surface area contributed by atoms with Crippen LogP contribution >= 0.6 is 0 Å². The van der Waals surface area contributed by atoms with Crippen LogP contribution in [0.4, 0.5) is 5.69 Å². The van der Waals surface area contributed by atoms with Crippen LogP contribution in [0, 0.1) is 5.92 Å². The number of fused-ring (bicyclic) bond motifs is 1. The van der Waals surface area contributed by atoms with Gasteiger partial charge in [-0.05, 0) is 60.4 Å². The standard InChI is InChI=1S/C28H28N2O4/c1-2-34-26(31)17-14-20-12-15-23(16-13-20)29-27(32)22-9-6-18-30(19-22)28(33)25-11-5-8-21-7-3-4-10-24(21)25/h3-5,7-8,10-17,22H,2,6,9,18-19H2,1H3,(H,29,32)/b17-14+. The van der Waals surface area contributed by atoms with Gasteiger partial charge in [-0.1, -0.05) is 48.5 Å². The van der Waals surface area contributed by atoms with Crippen LogP contribution in [-0.2, 0) is 14.3 Å². The summed E-state index contributed by atoms with van der Waals surface area (Å²) in [6, 6.07) is 20.8. The summed E-state index contributed by atoms with van der Waals surface area (Å²) < 4.78 is 4.87. The molecule has 1 aliphatic rings. The molecule has 1 aliphatic heterocycles. The first-order valence-electron chi connectivity index (χ1n) is 11.6. The zero-order valence-corrected chi connectivity index (χ0v) is 19.2. The lowest BCUT2D eigenvalue weighted by Crippen LogP contribution is -2.43. The van der Waals surface area contributed by atoms with E-state index in [9.17, 15) is 14.4 Å². The quantitative estimate of drug-likeness (QED) is 0.423. The molecule has 6 nitrogen and oxygen atoms in total. The molecule has 0 radical (unpaired) electrons. The van der Waals surface area contributed by atoms with E-state index in [0.29, 0.717) is 30.9 Å². The molecule has 0 bridgehead atoms. The first-order chi connectivity index (χ1) is 16.5. The minimum Gasteiger partial charge on any atom is -0.463 e. The van der Waals surface area contributed by atoms with Crippen molar-refractivity contribution in [1.82, 2.24) is 4.90 Å². The number of ether oxygens (including phenoxy) is 1. The SMILES string of the molecule is CCOC(=O)/C=C/c1ccc(NC(=O)C2CCCN(C(=O)c3cccc4ccccc34)C2)cc1. The average Bonchev–Trinajstić information content (AvgIpc) is 2.88. The van der Waals surface area contributed by atoms with Crippen molar-refractivity contribution in [3.8, 4) is 0 Å². The predicted molar refractivity (Wildman–Crippen MR) is 133 cm³/mol. The van der Waals surface area contributed by atoms with Crippen LogP contribution in [0.25, 0.3) is 16.8 Å². The van der Waals surface area contributed by atoms with Crippen LogP contribution in [-0.4, -0.2) is 42.4 Å². The van der Waals surface area contributed by atoms with Crippen LogP contribution in [0.15, 0.2) is 72.8 Å². The summed E-state index contributed by atoms with van der Waals surface area (Å²) in [6.07, 6.45) is 4.57. The lowest BCUT2D eigenvalue weighted by Gasteiger charge is -2.32. The van der Waals surface area contributed by atoms with Gasteiger partial charge in [-0.3, -0.25) is 9.59 Å². The highest BCUT2D eigenvalue weighted by Gasteiger charge is 2.29. The van der Waals surface area contributed by atoms with E-state index in [1.165, 1.54) is 6.08 Å². The molecule has 1 unspecified atom stereocenters. The summed E-state index contributed by atoms with van der Waals surface area (Å²) in [5.74, 6) is -0.784. The lowest BCUT2D eigenvalue weighted by molar-refractivity contribution is -0.137. The van der Waals surface area contributed by atoms with E-state index in [0.717, 1.165) is 29.2 Å². The van der Waals surface area contributed by atoms with Crippen LogP contribution in [0.3, 0.4) is 0 Å². The number of carbonyl (C=O) groups is 3. The molecule has 0 aromatic heterocycles. The maximum absolute atomic E-state index is 13.3. The fourth-order valence-electron chi connectivity index (χ4n) is 4.23. The number of anilines is 1. The molecule has 1 saturated heterocycles. The Morgan fingerprint density at radius 3 is 2.59 bits per heavy atom. The second-order valence-electron chi connectivity index (χ2n) is 8.31. The van der Waals surface area contributed by atoms with Crippen molar-refractivity contribution >= 4 is 40.3 Å². The van der Waals surface area contributed by atoms with Crippen molar-refractivity contribution in [2.24, 2.45) is 5.92 Å². The largest absolute Gasteiger partial charge is 0.463 e. The molecule has 174 valence electrons. The zero-order valence-electron chi connectivity index (χ0n) is 19.2. The summed E-state index contributed by atoms with van der Waals surface area (Å²) in [5.41, 5.74) is 2.18. The van der Waals surface area contributed by atoms with Gasteiger partial charge in [0.1, 0.15) is 0 Å². The van der Waals surface area contributed by atoms with Crippen molar-refractivity contribution in [2.45, 2.75) is 19.8 Å². The molecule has 2 amide bonds. The van der Waals surface area contributed by atoms with Gasteiger partial charge in [0.2, 0.25) is 5.91 Å². The van der Waals surface area contributed by atoms with Crippen LogP contribution in [0.1, 0.15) is 35.7 Å². The van der Waals surface area contributed by atoms with Crippen molar-refractivity contribution in [3.63, 3.8) is 0 Å². The Bertz CT molecular complexity index is 1210. The molecule has 1 heterocycles. The van der Waals surface area contributed by atoms with E-state index in [1.807, 2.05) is 54.6 Å². The number of hydrogen-bond acceptors (Lipinski definition) is 4. The Morgan fingerprint density at radius 2 is 1.79 bits per heavy atom. The normalized spacial score (nSPS) is 15.9. The highest BCUT2D eigenvalue weighted by molar-refractivity contribution is 6.07.